The highest BCUT2D eigenvalue weighted by molar-refractivity contribution is 8.00. The number of hydrogen-bond donors (Lipinski definition) is 1. The minimum atomic E-state index is 0.225. The summed E-state index contributed by atoms with van der Waals surface area (Å²) in [5, 5.41) is 0. The van der Waals surface area contributed by atoms with E-state index in [9.17, 15) is 0 Å². The monoisotopic (exact) mass is 277 g/mol. The van der Waals surface area contributed by atoms with E-state index in [0.29, 0.717) is 6.10 Å². The smallest absolute Gasteiger partial charge is 0.119 e. The number of rotatable bonds is 4. The Morgan fingerprint density at radius 1 is 1.11 bits per heavy atom. The van der Waals surface area contributed by atoms with Crippen molar-refractivity contribution in [3.63, 3.8) is 0 Å². The lowest BCUT2D eigenvalue weighted by Crippen LogP contribution is -2.37. The molecule has 3 rings (SSSR count). The molecule has 2 N–H and O–H groups in total. The van der Waals surface area contributed by atoms with E-state index >= 15 is 0 Å². The summed E-state index contributed by atoms with van der Waals surface area (Å²) in [5.41, 5.74) is 7.72. The zero-order valence-electron chi connectivity index (χ0n) is 11.4. The summed E-state index contributed by atoms with van der Waals surface area (Å²) in [7, 11) is 0. The molecule has 1 aromatic rings. The molecule has 0 spiro atoms. The molecule has 0 amide bonds. The van der Waals surface area contributed by atoms with E-state index in [-0.39, 0.29) is 5.41 Å². The van der Waals surface area contributed by atoms with Crippen molar-refractivity contribution < 1.29 is 4.74 Å². The van der Waals surface area contributed by atoms with Crippen LogP contribution in [0, 0.1) is 0 Å². The zero-order chi connectivity index (χ0) is 13.1. The summed E-state index contributed by atoms with van der Waals surface area (Å²) < 4.78 is 5.91. The molecule has 2 nitrogen and oxygen atoms in total. The fourth-order valence-electron chi connectivity index (χ4n) is 3.20. The lowest BCUT2D eigenvalue weighted by Gasteiger charge is -2.37. The molecule has 2 fully saturated rings. The lowest BCUT2D eigenvalue weighted by atomic mass is 9.69. The summed E-state index contributed by atoms with van der Waals surface area (Å²) in [6, 6.07) is 8.73. The number of ether oxygens (including phenoxy) is 1. The molecular weight excluding hydrogens is 254 g/mol. The van der Waals surface area contributed by atoms with Crippen molar-refractivity contribution in [3.05, 3.63) is 29.8 Å². The summed E-state index contributed by atoms with van der Waals surface area (Å²) >= 11 is 1.95. The van der Waals surface area contributed by atoms with Crippen LogP contribution in [0.4, 0.5) is 0 Å². The first-order valence-corrected chi connectivity index (χ1v) is 8.53. The van der Waals surface area contributed by atoms with Gasteiger partial charge in [-0.15, -0.1) is 0 Å². The Hall–Kier alpha value is -0.670. The third-order valence-corrected chi connectivity index (χ3v) is 5.79. The molecule has 1 aliphatic heterocycles. The van der Waals surface area contributed by atoms with Gasteiger partial charge in [0.25, 0.3) is 0 Å². The largest absolute Gasteiger partial charge is 0.489 e. The maximum atomic E-state index is 6.09. The standard InChI is InChI=1S/C16H23NOS/c17-12-16(8-2-1-3-9-16)13-4-6-14(7-5-13)18-15-10-19-11-15/h4-7,15H,1-3,8-12,17H2. The van der Waals surface area contributed by atoms with E-state index in [1.165, 1.54) is 37.7 Å². The first-order valence-electron chi connectivity index (χ1n) is 7.37. The third-order valence-electron chi connectivity index (χ3n) is 4.58. The summed E-state index contributed by atoms with van der Waals surface area (Å²) in [6.07, 6.45) is 6.89. The first kappa shape index (κ1) is 13.3. The molecule has 0 bridgehead atoms. The van der Waals surface area contributed by atoms with Gasteiger partial charge in [-0.1, -0.05) is 31.4 Å². The molecule has 1 aromatic carbocycles. The van der Waals surface area contributed by atoms with Gasteiger partial charge in [-0.05, 0) is 30.5 Å². The normalized spacial score (nSPS) is 22.8. The van der Waals surface area contributed by atoms with Gasteiger partial charge in [0.1, 0.15) is 11.9 Å². The predicted molar refractivity (Wildman–Crippen MR) is 82.0 cm³/mol. The molecule has 0 atom stereocenters. The van der Waals surface area contributed by atoms with Gasteiger partial charge < -0.3 is 10.5 Å². The molecule has 1 aliphatic carbocycles. The molecule has 0 unspecified atom stereocenters. The Bertz CT molecular complexity index is 407. The molecule has 0 radical (unpaired) electrons. The maximum absolute atomic E-state index is 6.09. The van der Waals surface area contributed by atoms with Gasteiger partial charge in [0.2, 0.25) is 0 Å². The van der Waals surface area contributed by atoms with Crippen LogP contribution in [0.3, 0.4) is 0 Å². The number of nitrogens with two attached hydrogens (primary N) is 1. The van der Waals surface area contributed by atoms with Crippen LogP contribution in [0.2, 0.25) is 0 Å². The summed E-state index contributed by atoms with van der Waals surface area (Å²) in [4.78, 5) is 0. The van der Waals surface area contributed by atoms with Gasteiger partial charge in [-0.3, -0.25) is 0 Å². The molecule has 1 saturated carbocycles. The van der Waals surface area contributed by atoms with Crippen LogP contribution in [0.1, 0.15) is 37.7 Å². The van der Waals surface area contributed by atoms with Crippen molar-refractivity contribution in [1.29, 1.82) is 0 Å². The van der Waals surface area contributed by atoms with Crippen LogP contribution < -0.4 is 10.5 Å². The van der Waals surface area contributed by atoms with E-state index in [1.807, 2.05) is 11.8 Å². The average molecular weight is 277 g/mol. The molecule has 3 heteroatoms. The van der Waals surface area contributed by atoms with Crippen molar-refractivity contribution in [2.24, 2.45) is 5.73 Å². The van der Waals surface area contributed by atoms with Crippen LogP contribution in [0.25, 0.3) is 0 Å². The van der Waals surface area contributed by atoms with E-state index in [4.69, 9.17) is 10.5 Å². The van der Waals surface area contributed by atoms with E-state index in [1.54, 1.807) is 0 Å². The second-order valence-electron chi connectivity index (χ2n) is 5.85. The van der Waals surface area contributed by atoms with Gasteiger partial charge in [0.15, 0.2) is 0 Å². The highest BCUT2D eigenvalue weighted by Gasteiger charge is 2.32. The van der Waals surface area contributed by atoms with Gasteiger partial charge in [0, 0.05) is 23.5 Å². The van der Waals surface area contributed by atoms with Crippen molar-refractivity contribution in [3.8, 4) is 5.75 Å². The van der Waals surface area contributed by atoms with E-state index < -0.39 is 0 Å². The van der Waals surface area contributed by atoms with Crippen molar-refractivity contribution in [1.82, 2.24) is 0 Å². The Balaban J connectivity index is 1.72. The SMILES string of the molecule is NCC1(c2ccc(OC3CSC3)cc2)CCCCC1. The van der Waals surface area contributed by atoms with Crippen LogP contribution >= 0.6 is 11.8 Å². The highest BCUT2D eigenvalue weighted by Crippen LogP contribution is 2.39. The maximum Gasteiger partial charge on any atom is 0.119 e. The molecule has 0 aromatic heterocycles. The van der Waals surface area contributed by atoms with Gasteiger partial charge in [0.05, 0.1) is 0 Å². The second kappa shape index (κ2) is 5.76. The number of hydrogen-bond acceptors (Lipinski definition) is 3. The second-order valence-corrected chi connectivity index (χ2v) is 6.92. The van der Waals surface area contributed by atoms with Crippen LogP contribution in [-0.4, -0.2) is 24.2 Å². The summed E-state index contributed by atoms with van der Waals surface area (Å²) in [6.45, 7) is 0.770. The first-order chi connectivity index (χ1) is 9.32. The number of thioether (sulfide) groups is 1. The van der Waals surface area contributed by atoms with E-state index in [0.717, 1.165) is 23.8 Å². The molecule has 104 valence electrons. The fourth-order valence-corrected chi connectivity index (χ4v) is 3.77. The van der Waals surface area contributed by atoms with Crippen molar-refractivity contribution >= 4 is 11.8 Å². The molecule has 2 aliphatic rings. The van der Waals surface area contributed by atoms with Crippen molar-refractivity contribution in [2.75, 3.05) is 18.1 Å². The van der Waals surface area contributed by atoms with Gasteiger partial charge in [-0.25, -0.2) is 0 Å². The van der Waals surface area contributed by atoms with E-state index in [2.05, 4.69) is 24.3 Å². The molecule has 19 heavy (non-hydrogen) atoms. The minimum Gasteiger partial charge on any atom is -0.489 e. The number of benzene rings is 1. The Kier molecular flexibility index (Phi) is 4.04. The van der Waals surface area contributed by atoms with Crippen LogP contribution in [0.5, 0.6) is 5.75 Å². The average Bonchev–Trinajstić information content (AvgIpc) is 2.44. The highest BCUT2D eigenvalue weighted by atomic mass is 32.2. The third kappa shape index (κ3) is 2.77. The zero-order valence-corrected chi connectivity index (χ0v) is 12.3. The molecular formula is C16H23NOS. The lowest BCUT2D eigenvalue weighted by molar-refractivity contribution is 0.240. The van der Waals surface area contributed by atoms with Crippen LogP contribution in [-0.2, 0) is 5.41 Å². The predicted octanol–water partition coefficient (Wildman–Crippen LogP) is 3.34. The topological polar surface area (TPSA) is 35.2 Å². The Labute approximate surface area is 120 Å². The van der Waals surface area contributed by atoms with Gasteiger partial charge in [-0.2, -0.15) is 11.8 Å². The van der Waals surface area contributed by atoms with Crippen LogP contribution in [0.15, 0.2) is 24.3 Å². The molecule has 1 heterocycles. The Morgan fingerprint density at radius 3 is 2.32 bits per heavy atom. The fraction of sp³-hybridized carbons (Fsp3) is 0.625. The summed E-state index contributed by atoms with van der Waals surface area (Å²) in [5.74, 6) is 3.28. The minimum absolute atomic E-state index is 0.225. The molecule has 1 saturated heterocycles. The Morgan fingerprint density at radius 2 is 1.79 bits per heavy atom. The van der Waals surface area contributed by atoms with Crippen molar-refractivity contribution in [2.45, 2.75) is 43.6 Å². The quantitative estimate of drug-likeness (QED) is 0.916. The van der Waals surface area contributed by atoms with Gasteiger partial charge >= 0.3 is 0 Å².